The third-order valence-electron chi connectivity index (χ3n) is 4.02. The van der Waals surface area contributed by atoms with Gasteiger partial charge >= 0.3 is 0 Å². The van der Waals surface area contributed by atoms with Crippen molar-refractivity contribution in [2.75, 3.05) is 32.1 Å². The number of rotatable bonds is 5. The highest BCUT2D eigenvalue weighted by atomic mass is 35.5. The maximum atomic E-state index is 13.9. The lowest BCUT2D eigenvalue weighted by molar-refractivity contribution is -0.116. The summed E-state index contributed by atoms with van der Waals surface area (Å²) in [5, 5.41) is 2.17. The Labute approximate surface area is 167 Å². The summed E-state index contributed by atoms with van der Waals surface area (Å²) in [5.41, 5.74) is -0.126. The van der Waals surface area contributed by atoms with E-state index in [1.54, 1.807) is 0 Å². The number of likely N-dealkylation sites (N-methyl/N-ethyl adjacent to an activating group) is 1. The fourth-order valence-electron chi connectivity index (χ4n) is 2.56. The van der Waals surface area contributed by atoms with Crippen LogP contribution in [0.1, 0.15) is 6.42 Å². The lowest BCUT2D eigenvalue weighted by atomic mass is 10.3. The van der Waals surface area contributed by atoms with Crippen LogP contribution in [0.4, 0.5) is 10.1 Å². The molecule has 2 aromatic carbocycles. The Bertz CT molecular complexity index is 999. The van der Waals surface area contributed by atoms with Gasteiger partial charge < -0.3 is 14.8 Å². The number of carbonyl (C=O) groups is 1. The maximum Gasteiger partial charge on any atom is 0.243 e. The zero-order chi connectivity index (χ0) is 20.3. The molecule has 1 heterocycles. The molecule has 0 atom stereocenters. The number of hydrogen-bond acceptors (Lipinski definition) is 5. The third kappa shape index (κ3) is 4.37. The molecule has 0 aliphatic carbocycles. The zero-order valence-electron chi connectivity index (χ0n) is 14.9. The summed E-state index contributed by atoms with van der Waals surface area (Å²) in [6.07, 6.45) is 0.691. The van der Waals surface area contributed by atoms with Gasteiger partial charge in [0, 0.05) is 19.5 Å². The number of nitrogens with zero attached hydrogens (tertiary/aromatic N) is 1. The van der Waals surface area contributed by atoms with Crippen molar-refractivity contribution in [2.24, 2.45) is 0 Å². The Hall–Kier alpha value is -2.36. The smallest absolute Gasteiger partial charge is 0.243 e. The van der Waals surface area contributed by atoms with Crippen LogP contribution in [-0.4, -0.2) is 45.4 Å². The summed E-state index contributed by atoms with van der Waals surface area (Å²) in [4.78, 5) is 12.1. The predicted molar refractivity (Wildman–Crippen MR) is 102 cm³/mol. The van der Waals surface area contributed by atoms with Crippen LogP contribution < -0.4 is 14.8 Å². The second-order valence-corrected chi connectivity index (χ2v) is 8.52. The molecule has 28 heavy (non-hydrogen) atoms. The SMILES string of the molecule is CN(CC(=O)Nc1cccc(Cl)c1F)S(=O)(=O)c1ccc2c(c1)OCCCO2. The summed E-state index contributed by atoms with van der Waals surface area (Å²) in [5.74, 6) is -0.696. The molecule has 1 amide bonds. The second-order valence-electron chi connectivity index (χ2n) is 6.07. The Morgan fingerprint density at radius 3 is 2.68 bits per heavy atom. The van der Waals surface area contributed by atoms with E-state index in [0.717, 1.165) is 4.31 Å². The Morgan fingerprint density at radius 1 is 1.21 bits per heavy atom. The molecule has 0 unspecified atom stereocenters. The highest BCUT2D eigenvalue weighted by Gasteiger charge is 2.25. The summed E-state index contributed by atoms with van der Waals surface area (Å²) in [6, 6.07) is 8.40. The first kappa shape index (κ1) is 20.4. The molecule has 10 heteroatoms. The number of anilines is 1. The summed E-state index contributed by atoms with van der Waals surface area (Å²) in [7, 11) is -2.72. The molecule has 2 aromatic rings. The van der Waals surface area contributed by atoms with Crippen molar-refractivity contribution in [1.29, 1.82) is 0 Å². The Kier molecular flexibility index (Phi) is 6.07. The number of halogens is 2. The lowest BCUT2D eigenvalue weighted by Crippen LogP contribution is -2.35. The van der Waals surface area contributed by atoms with E-state index in [1.165, 1.54) is 43.4 Å². The van der Waals surface area contributed by atoms with Gasteiger partial charge in [-0.2, -0.15) is 4.31 Å². The Morgan fingerprint density at radius 2 is 1.93 bits per heavy atom. The molecule has 150 valence electrons. The predicted octanol–water partition coefficient (Wildman–Crippen LogP) is 2.90. The molecule has 0 fully saturated rings. The standard InChI is InChI=1S/C18H18ClFN2O5S/c1-22(11-17(23)21-14-5-2-4-13(19)18(14)20)28(24,25)12-6-7-15-16(10-12)27-9-3-8-26-15/h2,4-7,10H,3,8-9,11H2,1H3,(H,21,23). The van der Waals surface area contributed by atoms with E-state index >= 15 is 0 Å². The quantitative estimate of drug-likeness (QED) is 0.791. The van der Waals surface area contributed by atoms with E-state index in [2.05, 4.69) is 5.32 Å². The van der Waals surface area contributed by atoms with Gasteiger partial charge in [0.25, 0.3) is 0 Å². The van der Waals surface area contributed by atoms with Crippen LogP contribution in [0, 0.1) is 5.82 Å². The molecular weight excluding hydrogens is 411 g/mol. The van der Waals surface area contributed by atoms with Crippen molar-refractivity contribution in [3.63, 3.8) is 0 Å². The van der Waals surface area contributed by atoms with Crippen LogP contribution in [-0.2, 0) is 14.8 Å². The molecule has 0 spiro atoms. The first-order chi connectivity index (χ1) is 13.3. The number of sulfonamides is 1. The van der Waals surface area contributed by atoms with Gasteiger partial charge in [-0.1, -0.05) is 17.7 Å². The normalized spacial score (nSPS) is 13.9. The largest absolute Gasteiger partial charge is 0.490 e. The molecule has 0 aromatic heterocycles. The number of ether oxygens (including phenoxy) is 2. The van der Waals surface area contributed by atoms with E-state index in [0.29, 0.717) is 31.1 Å². The highest BCUT2D eigenvalue weighted by Crippen LogP contribution is 2.32. The van der Waals surface area contributed by atoms with Gasteiger partial charge in [0.15, 0.2) is 17.3 Å². The second kappa shape index (κ2) is 8.34. The van der Waals surface area contributed by atoms with Crippen molar-refractivity contribution >= 4 is 33.2 Å². The molecule has 0 saturated carbocycles. The van der Waals surface area contributed by atoms with Crippen LogP contribution in [0.5, 0.6) is 11.5 Å². The van der Waals surface area contributed by atoms with E-state index in [-0.39, 0.29) is 15.6 Å². The van der Waals surface area contributed by atoms with E-state index in [9.17, 15) is 17.6 Å². The van der Waals surface area contributed by atoms with Crippen LogP contribution in [0.2, 0.25) is 5.02 Å². The van der Waals surface area contributed by atoms with Gasteiger partial charge in [0.1, 0.15) is 0 Å². The van der Waals surface area contributed by atoms with Crippen molar-refractivity contribution < 1.29 is 27.1 Å². The van der Waals surface area contributed by atoms with Gasteiger partial charge in [0.2, 0.25) is 15.9 Å². The van der Waals surface area contributed by atoms with E-state index < -0.39 is 28.3 Å². The molecule has 0 bridgehead atoms. The van der Waals surface area contributed by atoms with Crippen molar-refractivity contribution in [3.8, 4) is 11.5 Å². The van der Waals surface area contributed by atoms with Crippen molar-refractivity contribution in [1.82, 2.24) is 4.31 Å². The molecule has 0 radical (unpaired) electrons. The lowest BCUT2D eigenvalue weighted by Gasteiger charge is -2.18. The van der Waals surface area contributed by atoms with Gasteiger partial charge in [-0.3, -0.25) is 4.79 Å². The molecular formula is C18H18ClFN2O5S. The molecule has 1 N–H and O–H groups in total. The molecule has 1 aliphatic heterocycles. The van der Waals surface area contributed by atoms with Gasteiger partial charge in [-0.05, 0) is 24.3 Å². The summed E-state index contributed by atoms with van der Waals surface area (Å²) in [6.45, 7) is 0.391. The highest BCUT2D eigenvalue weighted by molar-refractivity contribution is 7.89. The zero-order valence-corrected chi connectivity index (χ0v) is 16.5. The minimum atomic E-state index is -3.97. The minimum Gasteiger partial charge on any atom is -0.490 e. The number of carbonyl (C=O) groups excluding carboxylic acids is 1. The van der Waals surface area contributed by atoms with Gasteiger partial charge in [-0.15, -0.1) is 0 Å². The molecule has 7 nitrogen and oxygen atoms in total. The molecule has 1 aliphatic rings. The fourth-order valence-corrected chi connectivity index (χ4v) is 3.88. The number of amides is 1. The average molecular weight is 429 g/mol. The monoisotopic (exact) mass is 428 g/mol. The maximum absolute atomic E-state index is 13.9. The number of benzene rings is 2. The topological polar surface area (TPSA) is 84.9 Å². The minimum absolute atomic E-state index is 0.0408. The number of fused-ring (bicyclic) bond motifs is 1. The summed E-state index contributed by atoms with van der Waals surface area (Å²) < 4.78 is 51.3. The fraction of sp³-hybridized carbons (Fsp3) is 0.278. The molecule has 0 saturated heterocycles. The summed E-state index contributed by atoms with van der Waals surface area (Å²) >= 11 is 5.67. The first-order valence-electron chi connectivity index (χ1n) is 8.39. The van der Waals surface area contributed by atoms with Crippen LogP contribution >= 0.6 is 11.6 Å². The first-order valence-corrected chi connectivity index (χ1v) is 10.2. The van der Waals surface area contributed by atoms with Crippen LogP contribution in [0.25, 0.3) is 0 Å². The van der Waals surface area contributed by atoms with Crippen LogP contribution in [0.15, 0.2) is 41.3 Å². The van der Waals surface area contributed by atoms with Crippen molar-refractivity contribution in [3.05, 3.63) is 47.2 Å². The van der Waals surface area contributed by atoms with Gasteiger partial charge in [0.05, 0.1) is 35.4 Å². The van der Waals surface area contributed by atoms with Crippen molar-refractivity contribution in [2.45, 2.75) is 11.3 Å². The van der Waals surface area contributed by atoms with E-state index in [1.807, 2.05) is 0 Å². The average Bonchev–Trinajstić information content (AvgIpc) is 2.90. The Balaban J connectivity index is 1.74. The number of nitrogens with one attached hydrogen (secondary N) is 1. The van der Waals surface area contributed by atoms with Gasteiger partial charge in [-0.25, -0.2) is 12.8 Å². The van der Waals surface area contributed by atoms with E-state index in [4.69, 9.17) is 21.1 Å². The van der Waals surface area contributed by atoms with Crippen LogP contribution in [0.3, 0.4) is 0 Å². The third-order valence-corrected chi connectivity index (χ3v) is 6.11. The molecule has 3 rings (SSSR count). The number of hydrogen-bond donors (Lipinski definition) is 1.